The second-order valence-corrected chi connectivity index (χ2v) is 4.14. The number of hydrazine groups is 1. The van der Waals surface area contributed by atoms with Gasteiger partial charge in [-0.2, -0.15) is 4.98 Å². The molecule has 0 saturated heterocycles. The fraction of sp³-hybridized carbons (Fsp3) is 0.600. The summed E-state index contributed by atoms with van der Waals surface area (Å²) < 4.78 is 6.19. The molecule has 1 aromatic rings. The fourth-order valence-electron chi connectivity index (χ4n) is 1.38. The zero-order valence-corrected chi connectivity index (χ0v) is 11.7. The first-order valence-corrected chi connectivity index (χ1v) is 6.34. The highest BCUT2D eigenvalue weighted by atomic mass is 79.9. The summed E-state index contributed by atoms with van der Waals surface area (Å²) in [7, 11) is 0. The van der Waals surface area contributed by atoms with Gasteiger partial charge >= 0.3 is 0 Å². The van der Waals surface area contributed by atoms with Crippen LogP contribution in [0, 0.1) is 0 Å². The topological polar surface area (TPSA) is 76.3 Å². The van der Waals surface area contributed by atoms with Gasteiger partial charge in [-0.3, -0.25) is 5.43 Å². The van der Waals surface area contributed by atoms with Crippen molar-refractivity contribution in [2.75, 3.05) is 36.6 Å². The zero-order chi connectivity index (χ0) is 12.7. The highest BCUT2D eigenvalue weighted by Crippen LogP contribution is 2.23. The average molecular weight is 304 g/mol. The second kappa shape index (κ2) is 7.41. The Hall–Kier alpha value is -0.920. The Morgan fingerprint density at radius 3 is 2.88 bits per heavy atom. The number of nitrogens with one attached hydrogen (secondary N) is 1. The molecule has 0 aliphatic rings. The van der Waals surface area contributed by atoms with E-state index in [0.29, 0.717) is 12.6 Å². The van der Waals surface area contributed by atoms with Crippen LogP contribution in [0.1, 0.15) is 13.8 Å². The molecular formula is C10H18BrN5O. The lowest BCUT2D eigenvalue weighted by Gasteiger charge is -2.23. The van der Waals surface area contributed by atoms with E-state index in [1.54, 1.807) is 6.20 Å². The lowest BCUT2D eigenvalue weighted by atomic mass is 10.4. The standard InChI is InChI=1S/C10H18BrN5O/c1-3-16(5-6-17-4-2)9-8(11)7-13-10(14-9)15-12/h7H,3-6,12H2,1-2H3,(H,13,14,15). The monoisotopic (exact) mass is 303 g/mol. The lowest BCUT2D eigenvalue weighted by molar-refractivity contribution is 0.154. The van der Waals surface area contributed by atoms with Crippen molar-refractivity contribution in [1.29, 1.82) is 0 Å². The molecule has 1 heterocycles. The van der Waals surface area contributed by atoms with E-state index in [0.717, 1.165) is 30.0 Å². The Morgan fingerprint density at radius 1 is 1.53 bits per heavy atom. The minimum atomic E-state index is 0.401. The van der Waals surface area contributed by atoms with Crippen LogP contribution in [0.15, 0.2) is 10.7 Å². The van der Waals surface area contributed by atoms with E-state index in [4.69, 9.17) is 10.6 Å². The predicted octanol–water partition coefficient (Wildman–Crippen LogP) is 1.39. The van der Waals surface area contributed by atoms with Gasteiger partial charge in [0.05, 0.1) is 11.1 Å². The third-order valence-electron chi connectivity index (χ3n) is 2.25. The number of nitrogen functional groups attached to an aromatic ring is 1. The molecule has 6 nitrogen and oxygen atoms in total. The summed E-state index contributed by atoms with van der Waals surface area (Å²) in [6.07, 6.45) is 1.68. The molecular weight excluding hydrogens is 286 g/mol. The van der Waals surface area contributed by atoms with Crippen molar-refractivity contribution in [1.82, 2.24) is 9.97 Å². The Morgan fingerprint density at radius 2 is 2.29 bits per heavy atom. The highest BCUT2D eigenvalue weighted by molar-refractivity contribution is 9.10. The van der Waals surface area contributed by atoms with Gasteiger partial charge < -0.3 is 9.64 Å². The summed E-state index contributed by atoms with van der Waals surface area (Å²) in [5, 5.41) is 0. The van der Waals surface area contributed by atoms with Gasteiger partial charge in [-0.25, -0.2) is 10.8 Å². The maximum atomic E-state index is 5.34. The molecule has 7 heteroatoms. The summed E-state index contributed by atoms with van der Waals surface area (Å²) in [6.45, 7) is 7.06. The molecule has 17 heavy (non-hydrogen) atoms. The number of nitrogens with two attached hydrogens (primary N) is 1. The third-order valence-corrected chi connectivity index (χ3v) is 2.81. The molecule has 1 aromatic heterocycles. The van der Waals surface area contributed by atoms with Gasteiger partial charge in [-0.05, 0) is 29.8 Å². The normalized spacial score (nSPS) is 10.4. The van der Waals surface area contributed by atoms with Crippen LogP contribution in [0.2, 0.25) is 0 Å². The number of likely N-dealkylation sites (N-methyl/N-ethyl adjacent to an activating group) is 1. The Kier molecular flexibility index (Phi) is 6.17. The summed E-state index contributed by atoms with van der Waals surface area (Å²) >= 11 is 3.43. The van der Waals surface area contributed by atoms with Crippen LogP contribution >= 0.6 is 15.9 Å². The quantitative estimate of drug-likeness (QED) is 0.450. The number of aromatic nitrogens is 2. The van der Waals surface area contributed by atoms with Crippen LogP contribution in [0.5, 0.6) is 0 Å². The molecule has 0 saturated carbocycles. The van der Waals surface area contributed by atoms with Crippen molar-refractivity contribution in [3.8, 4) is 0 Å². The van der Waals surface area contributed by atoms with E-state index in [1.807, 2.05) is 6.92 Å². The molecule has 0 aliphatic carbocycles. The summed E-state index contributed by atoms with van der Waals surface area (Å²) in [5.41, 5.74) is 2.44. The van der Waals surface area contributed by atoms with Crippen molar-refractivity contribution in [3.05, 3.63) is 10.7 Å². The van der Waals surface area contributed by atoms with Crippen LogP contribution in [0.3, 0.4) is 0 Å². The summed E-state index contributed by atoms with van der Waals surface area (Å²) in [6, 6.07) is 0. The van der Waals surface area contributed by atoms with Crippen LogP contribution in [0.4, 0.5) is 11.8 Å². The van der Waals surface area contributed by atoms with Crippen molar-refractivity contribution in [2.24, 2.45) is 5.84 Å². The SMILES string of the molecule is CCOCCN(CC)c1nc(NN)ncc1Br. The molecule has 1 rings (SSSR count). The zero-order valence-electron chi connectivity index (χ0n) is 10.1. The fourth-order valence-corrected chi connectivity index (χ4v) is 1.82. The molecule has 0 spiro atoms. The van der Waals surface area contributed by atoms with Crippen molar-refractivity contribution < 1.29 is 4.74 Å². The van der Waals surface area contributed by atoms with Crippen molar-refractivity contribution in [2.45, 2.75) is 13.8 Å². The van der Waals surface area contributed by atoms with E-state index in [1.165, 1.54) is 0 Å². The Labute approximate surface area is 110 Å². The molecule has 0 atom stereocenters. The first-order chi connectivity index (χ1) is 8.22. The number of nitrogens with zero attached hydrogens (tertiary/aromatic N) is 3. The van der Waals surface area contributed by atoms with E-state index < -0.39 is 0 Å². The summed E-state index contributed by atoms with van der Waals surface area (Å²) in [5.74, 6) is 6.51. The number of halogens is 1. The maximum Gasteiger partial charge on any atom is 0.239 e. The lowest BCUT2D eigenvalue weighted by Crippen LogP contribution is -2.29. The number of hydrogen-bond donors (Lipinski definition) is 2. The van der Waals surface area contributed by atoms with Crippen molar-refractivity contribution >= 4 is 27.7 Å². The van der Waals surface area contributed by atoms with Crippen LogP contribution in [-0.2, 0) is 4.74 Å². The molecule has 0 fully saturated rings. The number of rotatable bonds is 7. The van der Waals surface area contributed by atoms with E-state index in [9.17, 15) is 0 Å². The smallest absolute Gasteiger partial charge is 0.239 e. The first kappa shape index (κ1) is 14.1. The van der Waals surface area contributed by atoms with Crippen LogP contribution in [0.25, 0.3) is 0 Å². The number of anilines is 2. The molecule has 0 amide bonds. The first-order valence-electron chi connectivity index (χ1n) is 5.54. The van der Waals surface area contributed by atoms with Gasteiger partial charge in [-0.15, -0.1) is 0 Å². The molecule has 0 aromatic carbocycles. The van der Waals surface area contributed by atoms with Gasteiger partial charge in [-0.1, -0.05) is 0 Å². The number of hydrogen-bond acceptors (Lipinski definition) is 6. The second-order valence-electron chi connectivity index (χ2n) is 3.29. The Balaban J connectivity index is 2.78. The van der Waals surface area contributed by atoms with Gasteiger partial charge in [0.25, 0.3) is 0 Å². The molecule has 0 aliphatic heterocycles. The van der Waals surface area contributed by atoms with Crippen LogP contribution < -0.4 is 16.2 Å². The van der Waals surface area contributed by atoms with E-state index >= 15 is 0 Å². The van der Waals surface area contributed by atoms with Gasteiger partial charge in [0, 0.05) is 25.9 Å². The van der Waals surface area contributed by atoms with Gasteiger partial charge in [0.15, 0.2) is 0 Å². The average Bonchev–Trinajstić information content (AvgIpc) is 2.36. The molecule has 96 valence electrons. The van der Waals surface area contributed by atoms with E-state index in [-0.39, 0.29) is 0 Å². The molecule has 3 N–H and O–H groups in total. The van der Waals surface area contributed by atoms with E-state index in [2.05, 4.69) is 43.1 Å². The third kappa shape index (κ3) is 4.10. The largest absolute Gasteiger partial charge is 0.380 e. The Bertz CT molecular complexity index is 349. The maximum absolute atomic E-state index is 5.34. The van der Waals surface area contributed by atoms with Gasteiger partial charge in [0.2, 0.25) is 5.95 Å². The predicted molar refractivity (Wildman–Crippen MR) is 71.9 cm³/mol. The molecule has 0 radical (unpaired) electrons. The van der Waals surface area contributed by atoms with Gasteiger partial charge in [0.1, 0.15) is 5.82 Å². The van der Waals surface area contributed by atoms with Crippen LogP contribution in [-0.4, -0.2) is 36.3 Å². The summed E-state index contributed by atoms with van der Waals surface area (Å²) in [4.78, 5) is 10.4. The highest BCUT2D eigenvalue weighted by Gasteiger charge is 2.11. The molecule has 0 bridgehead atoms. The number of ether oxygens (including phenoxy) is 1. The van der Waals surface area contributed by atoms with Crippen molar-refractivity contribution in [3.63, 3.8) is 0 Å². The minimum absolute atomic E-state index is 0.401. The molecule has 0 unspecified atom stereocenters. The minimum Gasteiger partial charge on any atom is -0.380 e.